The first-order chi connectivity index (χ1) is 18.5. The second kappa shape index (κ2) is 8.51. The quantitative estimate of drug-likeness (QED) is 0.292. The van der Waals surface area contributed by atoms with Crippen LogP contribution in [0.1, 0.15) is 12.8 Å². The van der Waals surface area contributed by atoms with Crippen LogP contribution in [-0.2, 0) is 4.79 Å². The van der Waals surface area contributed by atoms with Crippen molar-refractivity contribution in [3.8, 4) is 34.0 Å². The highest BCUT2D eigenvalue weighted by molar-refractivity contribution is 5.98. The van der Waals surface area contributed by atoms with Gasteiger partial charge in [-0.15, -0.1) is 0 Å². The van der Waals surface area contributed by atoms with E-state index in [0.717, 1.165) is 12.8 Å². The van der Waals surface area contributed by atoms with Gasteiger partial charge in [0.05, 0.1) is 40.2 Å². The number of carbonyl (C=O) groups excluding carboxylic acids is 1. The summed E-state index contributed by atoms with van der Waals surface area (Å²) in [6.45, 7) is 0. The number of nitrogens with zero attached hydrogens (tertiary/aromatic N) is 5. The molecule has 0 unspecified atom stereocenters. The molecule has 6 aromatic rings. The van der Waals surface area contributed by atoms with Crippen LogP contribution in [0.2, 0.25) is 0 Å². The molecule has 0 spiro atoms. The molecule has 186 valence electrons. The maximum absolute atomic E-state index is 16.0. The zero-order valence-electron chi connectivity index (χ0n) is 19.7. The van der Waals surface area contributed by atoms with Gasteiger partial charge in [0, 0.05) is 29.4 Å². The molecule has 0 aliphatic heterocycles. The highest BCUT2D eigenvalue weighted by Crippen LogP contribution is 2.35. The fraction of sp³-hybridized carbons (Fsp3) is 0.111. The summed E-state index contributed by atoms with van der Waals surface area (Å²) in [6.07, 6.45) is 7.83. The lowest BCUT2D eigenvalue weighted by molar-refractivity contribution is -0.117. The van der Waals surface area contributed by atoms with E-state index in [9.17, 15) is 9.18 Å². The number of anilines is 1. The molecule has 1 fully saturated rings. The molecule has 7 rings (SSSR count). The van der Waals surface area contributed by atoms with Crippen molar-refractivity contribution >= 4 is 33.5 Å². The predicted molar refractivity (Wildman–Crippen MR) is 137 cm³/mol. The van der Waals surface area contributed by atoms with Gasteiger partial charge in [0.2, 0.25) is 5.91 Å². The van der Waals surface area contributed by atoms with Crippen molar-refractivity contribution in [3.05, 3.63) is 72.8 Å². The van der Waals surface area contributed by atoms with Crippen LogP contribution in [0.5, 0.6) is 0 Å². The van der Waals surface area contributed by atoms with Crippen LogP contribution in [-0.4, -0.2) is 41.0 Å². The van der Waals surface area contributed by atoms with E-state index in [2.05, 4.69) is 40.4 Å². The number of rotatable bonds is 5. The van der Waals surface area contributed by atoms with E-state index >= 15 is 4.39 Å². The third-order valence-electron chi connectivity index (χ3n) is 6.50. The molecule has 0 bridgehead atoms. The van der Waals surface area contributed by atoms with Gasteiger partial charge in [-0.3, -0.25) is 24.8 Å². The van der Waals surface area contributed by atoms with E-state index in [1.807, 2.05) is 0 Å². The Labute approximate surface area is 213 Å². The first-order valence-corrected chi connectivity index (χ1v) is 11.9. The Hall–Kier alpha value is -5.06. The number of pyridine rings is 3. The fourth-order valence-electron chi connectivity index (χ4n) is 4.47. The largest absolute Gasteiger partial charge is 0.336 e. The number of aromatic nitrogens is 7. The van der Waals surface area contributed by atoms with Gasteiger partial charge < -0.3 is 10.3 Å². The Balaban J connectivity index is 1.32. The van der Waals surface area contributed by atoms with Crippen LogP contribution in [0.25, 0.3) is 56.0 Å². The number of amides is 1. The van der Waals surface area contributed by atoms with E-state index in [-0.39, 0.29) is 34.4 Å². The molecule has 1 aliphatic carbocycles. The van der Waals surface area contributed by atoms with Gasteiger partial charge in [0.1, 0.15) is 22.7 Å². The van der Waals surface area contributed by atoms with Gasteiger partial charge in [-0.25, -0.2) is 13.8 Å². The van der Waals surface area contributed by atoms with Gasteiger partial charge in [-0.2, -0.15) is 5.10 Å². The van der Waals surface area contributed by atoms with Gasteiger partial charge in [-0.1, -0.05) is 12.1 Å². The van der Waals surface area contributed by atoms with Crippen molar-refractivity contribution in [1.82, 2.24) is 35.1 Å². The first kappa shape index (κ1) is 22.2. The van der Waals surface area contributed by atoms with E-state index in [0.29, 0.717) is 44.9 Å². The molecular weight excluding hydrogens is 490 g/mol. The summed E-state index contributed by atoms with van der Waals surface area (Å²) in [4.78, 5) is 32.8. The van der Waals surface area contributed by atoms with Crippen molar-refractivity contribution < 1.29 is 13.6 Å². The van der Waals surface area contributed by atoms with Crippen molar-refractivity contribution in [2.75, 3.05) is 5.32 Å². The smallest absolute Gasteiger partial charge is 0.227 e. The number of imidazole rings is 1. The first-order valence-electron chi connectivity index (χ1n) is 11.9. The minimum Gasteiger partial charge on any atom is -0.336 e. The molecule has 5 aromatic heterocycles. The van der Waals surface area contributed by atoms with Crippen LogP contribution in [0.15, 0.2) is 61.2 Å². The SMILES string of the molecule is O=C(Nc1cncc(-c2ncc3[nH]nc(-c4nc5c(-c6cccc(F)c6)nccc5[nH]4)c3c2F)c1)C1CC1. The van der Waals surface area contributed by atoms with Gasteiger partial charge in [-0.05, 0) is 37.1 Å². The summed E-state index contributed by atoms with van der Waals surface area (Å²) in [5.74, 6) is -0.719. The average Bonchev–Trinajstić information content (AvgIpc) is 3.54. The Bertz CT molecular complexity index is 1870. The Morgan fingerprint density at radius 1 is 0.947 bits per heavy atom. The number of carbonyl (C=O) groups is 1. The summed E-state index contributed by atoms with van der Waals surface area (Å²) in [6, 6.07) is 9.46. The number of H-pyrrole nitrogens is 2. The molecule has 0 atom stereocenters. The summed E-state index contributed by atoms with van der Waals surface area (Å²) < 4.78 is 29.8. The zero-order chi connectivity index (χ0) is 25.8. The summed E-state index contributed by atoms with van der Waals surface area (Å²) in [5.41, 5.74) is 3.79. The molecule has 11 heteroatoms. The molecule has 38 heavy (non-hydrogen) atoms. The number of aromatic amines is 2. The molecule has 5 heterocycles. The average molecular weight is 508 g/mol. The van der Waals surface area contributed by atoms with Crippen LogP contribution in [0, 0.1) is 17.6 Å². The molecule has 0 saturated heterocycles. The van der Waals surface area contributed by atoms with Crippen LogP contribution in [0.3, 0.4) is 0 Å². The molecule has 9 nitrogen and oxygen atoms in total. The molecule has 1 saturated carbocycles. The minimum atomic E-state index is -0.609. The van der Waals surface area contributed by atoms with E-state index < -0.39 is 5.82 Å². The van der Waals surface area contributed by atoms with E-state index in [4.69, 9.17) is 0 Å². The highest BCUT2D eigenvalue weighted by Gasteiger charge is 2.29. The molecule has 3 N–H and O–H groups in total. The molecule has 1 amide bonds. The van der Waals surface area contributed by atoms with E-state index in [1.54, 1.807) is 30.5 Å². The third kappa shape index (κ3) is 3.76. The summed E-state index contributed by atoms with van der Waals surface area (Å²) >= 11 is 0. The maximum atomic E-state index is 16.0. The third-order valence-corrected chi connectivity index (χ3v) is 6.50. The minimum absolute atomic E-state index is 0.0267. The zero-order valence-corrected chi connectivity index (χ0v) is 19.7. The van der Waals surface area contributed by atoms with Crippen molar-refractivity contribution in [3.63, 3.8) is 0 Å². The van der Waals surface area contributed by atoms with Crippen LogP contribution in [0.4, 0.5) is 14.5 Å². The Morgan fingerprint density at radius 3 is 2.68 bits per heavy atom. The molecule has 1 aromatic carbocycles. The molecule has 1 aliphatic rings. The number of hydrogen-bond donors (Lipinski definition) is 3. The second-order valence-electron chi connectivity index (χ2n) is 9.16. The normalized spacial score (nSPS) is 13.3. The van der Waals surface area contributed by atoms with Crippen molar-refractivity contribution in [2.45, 2.75) is 12.8 Å². The van der Waals surface area contributed by atoms with Crippen molar-refractivity contribution in [2.24, 2.45) is 5.92 Å². The van der Waals surface area contributed by atoms with Crippen molar-refractivity contribution in [1.29, 1.82) is 0 Å². The van der Waals surface area contributed by atoms with E-state index in [1.165, 1.54) is 30.7 Å². The number of halogens is 2. The lowest BCUT2D eigenvalue weighted by atomic mass is 10.1. The number of benzene rings is 1. The molecular formula is C27H18F2N8O. The second-order valence-corrected chi connectivity index (χ2v) is 9.16. The molecule has 0 radical (unpaired) electrons. The topological polar surface area (TPSA) is 125 Å². The Kier molecular flexibility index (Phi) is 4.96. The van der Waals surface area contributed by atoms with Gasteiger partial charge in [0.15, 0.2) is 11.6 Å². The maximum Gasteiger partial charge on any atom is 0.227 e. The standard InChI is InChI=1S/C27H18F2N8O/c28-16-3-1-2-14(8-16)23-24-18(6-7-31-23)34-26(35-24)25-20-19(36-37-25)12-32-22(21(20)29)15-9-17(11-30-10-15)33-27(38)13-4-5-13/h1-3,6-13H,4-5H2,(H,33,38)(H,34,35)(H,36,37). The lowest BCUT2D eigenvalue weighted by Gasteiger charge is -2.07. The van der Waals surface area contributed by atoms with Gasteiger partial charge in [0.25, 0.3) is 0 Å². The van der Waals surface area contributed by atoms with Gasteiger partial charge >= 0.3 is 0 Å². The number of hydrogen-bond acceptors (Lipinski definition) is 6. The van der Waals surface area contributed by atoms with Crippen LogP contribution >= 0.6 is 0 Å². The summed E-state index contributed by atoms with van der Waals surface area (Å²) in [7, 11) is 0. The monoisotopic (exact) mass is 508 g/mol. The number of fused-ring (bicyclic) bond motifs is 2. The highest BCUT2D eigenvalue weighted by atomic mass is 19.1. The summed E-state index contributed by atoms with van der Waals surface area (Å²) in [5, 5.41) is 10.1. The van der Waals surface area contributed by atoms with Crippen LogP contribution < -0.4 is 5.32 Å². The predicted octanol–water partition coefficient (Wildman–Crippen LogP) is 5.25. The Morgan fingerprint density at radius 2 is 1.84 bits per heavy atom. The lowest BCUT2D eigenvalue weighted by Crippen LogP contribution is -2.13. The number of nitrogens with one attached hydrogen (secondary N) is 3. The fourth-order valence-corrected chi connectivity index (χ4v) is 4.47.